The first-order valence-electron chi connectivity index (χ1n) is 6.08. The first-order chi connectivity index (χ1) is 7.93. The molecule has 0 atom stereocenters. The molecule has 0 aliphatic heterocycles. The lowest BCUT2D eigenvalue weighted by atomic mass is 10.2. The Morgan fingerprint density at radius 2 is 1.65 bits per heavy atom. The first-order valence-corrected chi connectivity index (χ1v) is 6.49. The molecule has 0 spiro atoms. The van der Waals surface area contributed by atoms with E-state index in [-0.39, 0.29) is 0 Å². The SMILES string of the molecule is Cc1ccccc1NC(=S)N(C(C)C)C(C)C. The topological polar surface area (TPSA) is 15.3 Å². The Kier molecular flexibility index (Phi) is 4.94. The van der Waals surface area contributed by atoms with Crippen LogP contribution in [0.4, 0.5) is 5.69 Å². The molecule has 0 aliphatic rings. The predicted molar refractivity (Wildman–Crippen MR) is 79.5 cm³/mol. The third-order valence-corrected chi connectivity index (χ3v) is 3.05. The molecule has 1 aromatic carbocycles. The van der Waals surface area contributed by atoms with Crippen molar-refractivity contribution in [2.75, 3.05) is 5.32 Å². The number of thiocarbonyl (C=S) groups is 1. The lowest BCUT2D eigenvalue weighted by Gasteiger charge is -2.33. The average Bonchev–Trinajstić information content (AvgIpc) is 2.20. The molecule has 2 nitrogen and oxygen atoms in total. The highest BCUT2D eigenvalue weighted by atomic mass is 32.1. The van der Waals surface area contributed by atoms with Gasteiger partial charge in [0.2, 0.25) is 0 Å². The van der Waals surface area contributed by atoms with Gasteiger partial charge in [0.25, 0.3) is 0 Å². The van der Waals surface area contributed by atoms with E-state index in [9.17, 15) is 0 Å². The van der Waals surface area contributed by atoms with Gasteiger partial charge < -0.3 is 10.2 Å². The van der Waals surface area contributed by atoms with Crippen molar-refractivity contribution in [3.8, 4) is 0 Å². The lowest BCUT2D eigenvalue weighted by molar-refractivity contribution is 0.296. The number of hydrogen-bond acceptors (Lipinski definition) is 1. The molecular weight excluding hydrogens is 228 g/mol. The molecule has 0 saturated heterocycles. The number of aryl methyl sites for hydroxylation is 1. The van der Waals surface area contributed by atoms with E-state index in [2.05, 4.69) is 57.0 Å². The van der Waals surface area contributed by atoms with Crippen LogP contribution >= 0.6 is 12.2 Å². The molecule has 0 amide bonds. The summed E-state index contributed by atoms with van der Waals surface area (Å²) in [5.74, 6) is 0. The summed E-state index contributed by atoms with van der Waals surface area (Å²) in [5.41, 5.74) is 2.30. The smallest absolute Gasteiger partial charge is 0.173 e. The van der Waals surface area contributed by atoms with Crippen molar-refractivity contribution in [3.63, 3.8) is 0 Å². The zero-order valence-electron chi connectivity index (χ0n) is 11.3. The fourth-order valence-electron chi connectivity index (χ4n) is 1.96. The number of nitrogens with zero attached hydrogens (tertiary/aromatic N) is 1. The molecule has 0 bridgehead atoms. The second-order valence-electron chi connectivity index (χ2n) is 4.84. The molecule has 17 heavy (non-hydrogen) atoms. The maximum atomic E-state index is 5.48. The lowest BCUT2D eigenvalue weighted by Crippen LogP contribution is -2.44. The summed E-state index contributed by atoms with van der Waals surface area (Å²) in [4.78, 5) is 2.21. The molecule has 0 aliphatic carbocycles. The van der Waals surface area contributed by atoms with E-state index >= 15 is 0 Å². The van der Waals surface area contributed by atoms with Crippen molar-refractivity contribution in [1.29, 1.82) is 0 Å². The highest BCUT2D eigenvalue weighted by molar-refractivity contribution is 7.80. The van der Waals surface area contributed by atoms with Gasteiger partial charge in [-0.3, -0.25) is 0 Å². The zero-order valence-corrected chi connectivity index (χ0v) is 12.1. The Morgan fingerprint density at radius 1 is 1.12 bits per heavy atom. The van der Waals surface area contributed by atoms with Crippen LogP contribution in [-0.4, -0.2) is 22.1 Å². The minimum absolute atomic E-state index is 0.402. The molecule has 0 saturated carbocycles. The van der Waals surface area contributed by atoms with Gasteiger partial charge in [-0.05, 0) is 58.5 Å². The monoisotopic (exact) mass is 250 g/mol. The Balaban J connectivity index is 2.81. The highest BCUT2D eigenvalue weighted by Crippen LogP contribution is 2.15. The van der Waals surface area contributed by atoms with Crippen molar-refractivity contribution < 1.29 is 0 Å². The second-order valence-corrected chi connectivity index (χ2v) is 5.23. The summed E-state index contributed by atoms with van der Waals surface area (Å²) in [5, 5.41) is 4.13. The Hall–Kier alpha value is -1.09. The normalized spacial score (nSPS) is 10.8. The summed E-state index contributed by atoms with van der Waals surface area (Å²) in [6, 6.07) is 9.00. The van der Waals surface area contributed by atoms with Crippen molar-refractivity contribution in [3.05, 3.63) is 29.8 Å². The van der Waals surface area contributed by atoms with Crippen LogP contribution in [0.2, 0.25) is 0 Å². The van der Waals surface area contributed by atoms with Gasteiger partial charge in [0.1, 0.15) is 0 Å². The molecule has 1 aromatic rings. The Labute approximate surface area is 110 Å². The van der Waals surface area contributed by atoms with E-state index in [1.54, 1.807) is 0 Å². The third kappa shape index (κ3) is 3.70. The Bertz CT molecular complexity index is 378. The molecule has 1 rings (SSSR count). The van der Waals surface area contributed by atoms with Crippen LogP contribution in [0.5, 0.6) is 0 Å². The van der Waals surface area contributed by atoms with Crippen LogP contribution in [0, 0.1) is 6.92 Å². The molecule has 94 valence electrons. The quantitative estimate of drug-likeness (QED) is 0.821. The Morgan fingerprint density at radius 3 is 2.12 bits per heavy atom. The molecule has 0 fully saturated rings. The number of rotatable bonds is 3. The van der Waals surface area contributed by atoms with Gasteiger partial charge in [-0.2, -0.15) is 0 Å². The number of hydrogen-bond donors (Lipinski definition) is 1. The summed E-state index contributed by atoms with van der Waals surface area (Å²) in [6.45, 7) is 10.7. The van der Waals surface area contributed by atoms with Crippen molar-refractivity contribution in [2.45, 2.75) is 46.7 Å². The molecule has 1 N–H and O–H groups in total. The van der Waals surface area contributed by atoms with Gasteiger partial charge in [-0.1, -0.05) is 18.2 Å². The molecule has 0 heterocycles. The van der Waals surface area contributed by atoms with Gasteiger partial charge in [-0.25, -0.2) is 0 Å². The van der Waals surface area contributed by atoms with Crippen LogP contribution in [0.1, 0.15) is 33.3 Å². The average molecular weight is 250 g/mol. The van der Waals surface area contributed by atoms with Crippen molar-refractivity contribution in [2.24, 2.45) is 0 Å². The molecule has 3 heteroatoms. The molecular formula is C14H22N2S. The maximum Gasteiger partial charge on any atom is 0.173 e. The van der Waals surface area contributed by atoms with Crippen LogP contribution in [0.3, 0.4) is 0 Å². The van der Waals surface area contributed by atoms with E-state index < -0.39 is 0 Å². The third-order valence-electron chi connectivity index (χ3n) is 2.73. The van der Waals surface area contributed by atoms with E-state index in [0.29, 0.717) is 12.1 Å². The summed E-state index contributed by atoms with van der Waals surface area (Å²) in [6.07, 6.45) is 0. The standard InChI is InChI=1S/C14H22N2S/c1-10(2)16(11(3)4)14(17)15-13-9-7-6-8-12(13)5/h6-11H,1-5H3,(H,15,17). The van der Waals surface area contributed by atoms with Gasteiger partial charge in [0.15, 0.2) is 5.11 Å². The molecule has 0 unspecified atom stereocenters. The first kappa shape index (κ1) is 14.0. The zero-order chi connectivity index (χ0) is 13.0. The fraction of sp³-hybridized carbons (Fsp3) is 0.500. The minimum atomic E-state index is 0.402. The summed E-state index contributed by atoms with van der Waals surface area (Å²) >= 11 is 5.48. The van der Waals surface area contributed by atoms with Crippen LogP contribution in [0.25, 0.3) is 0 Å². The minimum Gasteiger partial charge on any atom is -0.344 e. The van der Waals surface area contributed by atoms with E-state index in [0.717, 1.165) is 10.8 Å². The predicted octanol–water partition coefficient (Wildman–Crippen LogP) is 3.81. The van der Waals surface area contributed by atoms with Gasteiger partial charge in [-0.15, -0.1) is 0 Å². The van der Waals surface area contributed by atoms with Crippen LogP contribution in [-0.2, 0) is 0 Å². The van der Waals surface area contributed by atoms with E-state index in [1.807, 2.05) is 12.1 Å². The summed E-state index contributed by atoms with van der Waals surface area (Å²) < 4.78 is 0. The van der Waals surface area contributed by atoms with Gasteiger partial charge in [0, 0.05) is 17.8 Å². The number of para-hydroxylation sites is 1. The number of nitrogens with one attached hydrogen (secondary N) is 1. The largest absolute Gasteiger partial charge is 0.344 e. The molecule has 0 radical (unpaired) electrons. The number of benzene rings is 1. The van der Waals surface area contributed by atoms with Gasteiger partial charge >= 0.3 is 0 Å². The van der Waals surface area contributed by atoms with Crippen molar-refractivity contribution >= 4 is 23.0 Å². The summed E-state index contributed by atoms with van der Waals surface area (Å²) in [7, 11) is 0. The highest BCUT2D eigenvalue weighted by Gasteiger charge is 2.16. The fourth-order valence-corrected chi connectivity index (χ4v) is 2.49. The van der Waals surface area contributed by atoms with E-state index in [1.165, 1.54) is 5.56 Å². The van der Waals surface area contributed by atoms with Crippen LogP contribution in [0.15, 0.2) is 24.3 Å². The van der Waals surface area contributed by atoms with E-state index in [4.69, 9.17) is 12.2 Å². The maximum absolute atomic E-state index is 5.48. The van der Waals surface area contributed by atoms with Gasteiger partial charge in [0.05, 0.1) is 0 Å². The number of anilines is 1. The van der Waals surface area contributed by atoms with Crippen LogP contribution < -0.4 is 5.32 Å². The second kappa shape index (κ2) is 6.01. The van der Waals surface area contributed by atoms with Crippen molar-refractivity contribution in [1.82, 2.24) is 4.90 Å². The molecule has 0 aromatic heterocycles.